The predicted molar refractivity (Wildman–Crippen MR) is 74.4 cm³/mol. The van der Waals surface area contributed by atoms with Crippen molar-refractivity contribution in [3.8, 4) is 0 Å². The van der Waals surface area contributed by atoms with Gasteiger partial charge in [0.05, 0.1) is 10.5 Å². The van der Waals surface area contributed by atoms with Crippen LogP contribution in [0.3, 0.4) is 0 Å². The summed E-state index contributed by atoms with van der Waals surface area (Å²) in [6.07, 6.45) is 0.583. The van der Waals surface area contributed by atoms with Gasteiger partial charge in [-0.25, -0.2) is 0 Å². The van der Waals surface area contributed by atoms with Crippen molar-refractivity contribution in [3.63, 3.8) is 0 Å². The average Bonchev–Trinajstić information content (AvgIpc) is 2.64. The maximum atomic E-state index is 12.5. The third-order valence-electron chi connectivity index (χ3n) is 3.88. The molecule has 1 fully saturated rings. The summed E-state index contributed by atoms with van der Waals surface area (Å²) in [7, 11) is 0. The quantitative estimate of drug-likeness (QED) is 0.477. The number of hydrogen-bond donors (Lipinski definition) is 1. The highest BCUT2D eigenvalue weighted by molar-refractivity contribution is 6.24. The Morgan fingerprint density at radius 3 is 2.61 bits per heavy atom. The summed E-state index contributed by atoms with van der Waals surface area (Å²) < 4.78 is 0. The van der Waals surface area contributed by atoms with Gasteiger partial charge in [-0.1, -0.05) is 6.07 Å². The fourth-order valence-corrected chi connectivity index (χ4v) is 2.84. The van der Waals surface area contributed by atoms with Gasteiger partial charge in [0.25, 0.3) is 17.5 Å². The van der Waals surface area contributed by atoms with Crippen LogP contribution in [0.4, 0.5) is 5.69 Å². The molecule has 118 valence electrons. The van der Waals surface area contributed by atoms with E-state index in [1.54, 1.807) is 0 Å². The van der Waals surface area contributed by atoms with Crippen molar-refractivity contribution in [2.75, 3.05) is 0 Å². The molecule has 0 aromatic heterocycles. The monoisotopic (exact) mass is 317 g/mol. The molecule has 0 radical (unpaired) electrons. The minimum Gasteiger partial charge on any atom is -0.295 e. The normalized spacial score (nSPS) is 21.0. The van der Waals surface area contributed by atoms with E-state index in [9.17, 15) is 29.3 Å². The minimum absolute atomic E-state index is 0.104. The van der Waals surface area contributed by atoms with Crippen LogP contribution >= 0.6 is 0 Å². The molecule has 23 heavy (non-hydrogen) atoms. The molecule has 1 atom stereocenters. The highest BCUT2D eigenvalue weighted by Gasteiger charge is 2.46. The Morgan fingerprint density at radius 2 is 1.91 bits per heavy atom. The number of carbonyl (C=O) groups excluding carboxylic acids is 4. The molecule has 1 N–H and O–H groups in total. The molecular weight excluding hydrogens is 306 g/mol. The third-order valence-corrected chi connectivity index (χ3v) is 3.88. The van der Waals surface area contributed by atoms with Gasteiger partial charge in [0.2, 0.25) is 11.8 Å². The largest absolute Gasteiger partial charge is 0.295 e. The Balaban J connectivity index is 2.03. The lowest BCUT2D eigenvalue weighted by molar-refractivity contribution is -0.385. The summed E-state index contributed by atoms with van der Waals surface area (Å²) in [5, 5.41) is 13.2. The van der Waals surface area contributed by atoms with Gasteiger partial charge in [-0.3, -0.25) is 39.5 Å². The maximum Gasteiger partial charge on any atom is 0.282 e. The Morgan fingerprint density at radius 1 is 1.17 bits per heavy atom. The molecule has 2 heterocycles. The summed E-state index contributed by atoms with van der Waals surface area (Å²) in [5.41, 5.74) is -0.896. The Labute approximate surface area is 129 Å². The van der Waals surface area contributed by atoms with Gasteiger partial charge in [-0.2, -0.15) is 0 Å². The number of fused-ring (bicyclic) bond motifs is 1. The fourth-order valence-electron chi connectivity index (χ4n) is 2.84. The molecule has 1 unspecified atom stereocenters. The number of nitro groups is 1. The second-order valence-corrected chi connectivity index (χ2v) is 5.26. The number of imide groups is 2. The first kappa shape index (κ1) is 14.8. The molecule has 9 heteroatoms. The van der Waals surface area contributed by atoms with Crippen LogP contribution in [0.5, 0.6) is 0 Å². The Bertz CT molecular complexity index is 772. The lowest BCUT2D eigenvalue weighted by atomic mass is 10.1. The van der Waals surface area contributed by atoms with Crippen molar-refractivity contribution >= 4 is 29.3 Å². The zero-order chi connectivity index (χ0) is 16.7. The Kier molecular flexibility index (Phi) is 3.40. The van der Waals surface area contributed by atoms with E-state index >= 15 is 0 Å². The first-order valence-electron chi connectivity index (χ1n) is 6.91. The van der Waals surface area contributed by atoms with E-state index in [1.165, 1.54) is 12.1 Å². The molecule has 0 bridgehead atoms. The van der Waals surface area contributed by atoms with Crippen LogP contribution in [0, 0.1) is 10.1 Å². The summed E-state index contributed by atoms with van der Waals surface area (Å²) in [6.45, 7) is 0. The van der Waals surface area contributed by atoms with Gasteiger partial charge in [-0.05, 0) is 18.9 Å². The number of nitro benzene ring substituents is 1. The number of nitrogens with one attached hydrogen (secondary N) is 1. The molecule has 1 aromatic rings. The highest BCUT2D eigenvalue weighted by atomic mass is 16.6. The van der Waals surface area contributed by atoms with Gasteiger partial charge in [-0.15, -0.1) is 0 Å². The van der Waals surface area contributed by atoms with Crippen molar-refractivity contribution in [1.29, 1.82) is 0 Å². The standard InChI is InChI=1S/C14H11N3O6/c18-10-6-2-5-9(12(19)15-10)16-13(20)7-3-1-4-8(17(22)23)11(7)14(16)21/h1,3-4,9H,2,5-6H2,(H,15,18,19). The lowest BCUT2D eigenvalue weighted by Gasteiger charge is -2.22. The number of hydrogen-bond acceptors (Lipinski definition) is 6. The van der Waals surface area contributed by atoms with Crippen LogP contribution in [0.2, 0.25) is 0 Å². The van der Waals surface area contributed by atoms with Gasteiger partial charge in [0.15, 0.2) is 0 Å². The number of carbonyl (C=O) groups is 4. The van der Waals surface area contributed by atoms with Crippen LogP contribution < -0.4 is 5.32 Å². The van der Waals surface area contributed by atoms with Gasteiger partial charge in [0, 0.05) is 12.5 Å². The van der Waals surface area contributed by atoms with E-state index in [0.717, 1.165) is 6.07 Å². The van der Waals surface area contributed by atoms with Gasteiger partial charge < -0.3 is 0 Å². The Hall–Kier alpha value is -3.10. The fraction of sp³-hybridized carbons (Fsp3) is 0.286. The molecular formula is C14H11N3O6. The summed E-state index contributed by atoms with van der Waals surface area (Å²) in [6, 6.07) is 2.60. The molecule has 0 saturated carbocycles. The molecule has 4 amide bonds. The molecule has 1 saturated heterocycles. The lowest BCUT2D eigenvalue weighted by Crippen LogP contribution is -2.49. The van der Waals surface area contributed by atoms with E-state index in [1.807, 2.05) is 0 Å². The van der Waals surface area contributed by atoms with E-state index in [2.05, 4.69) is 5.32 Å². The molecule has 2 aliphatic rings. The third kappa shape index (κ3) is 2.26. The van der Waals surface area contributed by atoms with Crippen molar-refractivity contribution in [1.82, 2.24) is 10.2 Å². The first-order valence-corrected chi connectivity index (χ1v) is 6.91. The summed E-state index contributed by atoms with van der Waals surface area (Å²) >= 11 is 0. The number of amides is 4. The molecule has 1 aromatic carbocycles. The predicted octanol–water partition coefficient (Wildman–Crippen LogP) is 0.386. The van der Waals surface area contributed by atoms with Crippen molar-refractivity contribution in [2.24, 2.45) is 0 Å². The van der Waals surface area contributed by atoms with E-state index < -0.39 is 40.3 Å². The summed E-state index contributed by atoms with van der Waals surface area (Å²) in [4.78, 5) is 59.4. The number of nitrogens with zero attached hydrogens (tertiary/aromatic N) is 2. The van der Waals surface area contributed by atoms with Crippen LogP contribution in [0.1, 0.15) is 40.0 Å². The van der Waals surface area contributed by atoms with Crippen molar-refractivity contribution in [3.05, 3.63) is 39.4 Å². The molecule has 9 nitrogen and oxygen atoms in total. The zero-order valence-corrected chi connectivity index (χ0v) is 11.8. The minimum atomic E-state index is -1.14. The van der Waals surface area contributed by atoms with Gasteiger partial charge in [0.1, 0.15) is 11.6 Å². The smallest absolute Gasteiger partial charge is 0.282 e. The highest BCUT2D eigenvalue weighted by Crippen LogP contribution is 2.33. The SMILES string of the molecule is O=C1CCCC(N2C(=O)c3cccc([N+](=O)[O-])c3C2=O)C(=O)N1. The van der Waals surface area contributed by atoms with Crippen LogP contribution in [-0.2, 0) is 9.59 Å². The van der Waals surface area contributed by atoms with Crippen molar-refractivity contribution in [2.45, 2.75) is 25.3 Å². The second kappa shape index (κ2) is 5.27. The van der Waals surface area contributed by atoms with Crippen LogP contribution in [-0.4, -0.2) is 39.5 Å². The maximum absolute atomic E-state index is 12.5. The topological polar surface area (TPSA) is 127 Å². The average molecular weight is 317 g/mol. The van der Waals surface area contributed by atoms with Crippen molar-refractivity contribution < 1.29 is 24.1 Å². The van der Waals surface area contributed by atoms with Gasteiger partial charge >= 0.3 is 0 Å². The van der Waals surface area contributed by atoms with E-state index in [0.29, 0.717) is 11.3 Å². The zero-order valence-electron chi connectivity index (χ0n) is 11.8. The molecule has 3 rings (SSSR count). The van der Waals surface area contributed by atoms with Crippen LogP contribution in [0.25, 0.3) is 0 Å². The second-order valence-electron chi connectivity index (χ2n) is 5.26. The molecule has 2 aliphatic heterocycles. The van der Waals surface area contributed by atoms with E-state index in [4.69, 9.17) is 0 Å². The first-order chi connectivity index (χ1) is 10.9. The summed E-state index contributed by atoms with van der Waals surface area (Å²) in [5.74, 6) is -2.86. The number of rotatable bonds is 2. The van der Waals surface area contributed by atoms with E-state index in [-0.39, 0.29) is 24.0 Å². The number of benzene rings is 1. The molecule has 0 spiro atoms. The molecule has 0 aliphatic carbocycles. The van der Waals surface area contributed by atoms with Crippen LogP contribution in [0.15, 0.2) is 18.2 Å².